The maximum atomic E-state index is 13.0. The number of ether oxygens (including phenoxy) is 1. The van der Waals surface area contributed by atoms with Gasteiger partial charge in [0.25, 0.3) is 0 Å². The number of carbonyl (C=O) groups excluding carboxylic acids is 2. The van der Waals surface area contributed by atoms with Crippen molar-refractivity contribution in [2.45, 2.75) is 44.9 Å². The van der Waals surface area contributed by atoms with E-state index in [4.69, 9.17) is 4.74 Å². The summed E-state index contributed by atoms with van der Waals surface area (Å²) in [4.78, 5) is 30.9. The molecule has 4 rings (SSSR count). The van der Waals surface area contributed by atoms with E-state index in [-0.39, 0.29) is 12.3 Å². The third-order valence-electron chi connectivity index (χ3n) is 5.94. The molecule has 1 aromatic heterocycles. The van der Waals surface area contributed by atoms with Crippen molar-refractivity contribution in [2.24, 2.45) is 0 Å². The molecule has 0 saturated carbocycles. The molecule has 7 nitrogen and oxygen atoms in total. The first-order valence-electron chi connectivity index (χ1n) is 12.6. The van der Waals surface area contributed by atoms with Gasteiger partial charge in [0, 0.05) is 12.6 Å². The number of rotatable bonds is 12. The van der Waals surface area contributed by atoms with Crippen molar-refractivity contribution >= 4 is 28.3 Å². The van der Waals surface area contributed by atoms with Crippen LogP contribution >= 0.6 is 11.3 Å². The van der Waals surface area contributed by atoms with Crippen molar-refractivity contribution in [2.75, 3.05) is 5.32 Å². The van der Waals surface area contributed by atoms with Crippen LogP contribution < -0.4 is 15.4 Å². The third kappa shape index (κ3) is 7.50. The molecule has 0 saturated heterocycles. The van der Waals surface area contributed by atoms with Gasteiger partial charge in [-0.25, -0.2) is 4.98 Å². The zero-order valence-electron chi connectivity index (χ0n) is 21.2. The SMILES string of the molecule is CCC[C@@H](NC(=O)C(O)Cc1ccccc1)C(=O)Nc1ncc(-c2ccccc2COc2ccccc2)s1. The Hall–Kier alpha value is -4.01. The first-order chi connectivity index (χ1) is 18.5. The molecular weight excluding hydrogens is 498 g/mol. The van der Waals surface area contributed by atoms with E-state index < -0.39 is 18.1 Å². The van der Waals surface area contributed by atoms with Crippen molar-refractivity contribution < 1.29 is 19.4 Å². The smallest absolute Gasteiger partial charge is 0.249 e. The second kappa shape index (κ2) is 13.5. The number of anilines is 1. The molecule has 0 bridgehead atoms. The molecule has 1 unspecified atom stereocenters. The quantitative estimate of drug-likeness (QED) is 0.234. The number of hydrogen-bond donors (Lipinski definition) is 3. The van der Waals surface area contributed by atoms with E-state index >= 15 is 0 Å². The number of nitrogens with zero attached hydrogens (tertiary/aromatic N) is 1. The van der Waals surface area contributed by atoms with Gasteiger partial charge in [0.1, 0.15) is 24.5 Å². The number of thiazole rings is 1. The van der Waals surface area contributed by atoms with Crippen molar-refractivity contribution in [1.82, 2.24) is 10.3 Å². The fourth-order valence-corrected chi connectivity index (χ4v) is 4.85. The Morgan fingerprint density at radius 1 is 0.947 bits per heavy atom. The molecule has 0 radical (unpaired) electrons. The summed E-state index contributed by atoms with van der Waals surface area (Å²) < 4.78 is 5.93. The lowest BCUT2D eigenvalue weighted by Gasteiger charge is -2.19. The molecule has 0 fully saturated rings. The number of aliphatic hydroxyl groups excluding tert-OH is 1. The number of para-hydroxylation sites is 1. The van der Waals surface area contributed by atoms with Gasteiger partial charge in [-0.15, -0.1) is 0 Å². The maximum absolute atomic E-state index is 13.0. The Balaban J connectivity index is 1.39. The lowest BCUT2D eigenvalue weighted by Crippen LogP contribution is -2.48. The second-order valence-electron chi connectivity index (χ2n) is 8.83. The fourth-order valence-electron chi connectivity index (χ4n) is 3.97. The molecule has 0 aliphatic heterocycles. The Kier molecular flexibility index (Phi) is 9.61. The van der Waals surface area contributed by atoms with Crippen LogP contribution in [0.1, 0.15) is 30.9 Å². The molecule has 8 heteroatoms. The zero-order chi connectivity index (χ0) is 26.7. The van der Waals surface area contributed by atoms with E-state index in [1.54, 1.807) is 6.20 Å². The first kappa shape index (κ1) is 27.0. The lowest BCUT2D eigenvalue weighted by atomic mass is 10.1. The van der Waals surface area contributed by atoms with E-state index in [1.165, 1.54) is 11.3 Å². The maximum Gasteiger partial charge on any atom is 0.249 e. The highest BCUT2D eigenvalue weighted by atomic mass is 32.1. The van der Waals surface area contributed by atoms with Gasteiger partial charge in [0.05, 0.1) is 4.88 Å². The van der Waals surface area contributed by atoms with Crippen LogP contribution in [-0.2, 0) is 22.6 Å². The molecule has 0 spiro atoms. The van der Waals surface area contributed by atoms with Gasteiger partial charge in [-0.1, -0.05) is 97.5 Å². The van der Waals surface area contributed by atoms with Crippen LogP contribution in [0, 0.1) is 0 Å². The standard InChI is InChI=1S/C30H31N3O4S/c1-2-11-25(32-29(36)26(34)18-21-12-5-3-6-13-21)28(35)33-30-31-19-27(38-30)24-17-10-9-14-22(24)20-37-23-15-7-4-8-16-23/h3-10,12-17,19,25-26,34H,2,11,18,20H2,1H3,(H,32,36)(H,31,33,35)/t25-,26?/m1/s1. The summed E-state index contributed by atoms with van der Waals surface area (Å²) >= 11 is 1.35. The third-order valence-corrected chi connectivity index (χ3v) is 6.89. The van der Waals surface area contributed by atoms with Crippen molar-refractivity contribution in [3.8, 4) is 16.2 Å². The molecular formula is C30H31N3O4S. The summed E-state index contributed by atoms with van der Waals surface area (Å²) in [7, 11) is 0. The molecule has 196 valence electrons. The van der Waals surface area contributed by atoms with Crippen LogP contribution in [0.3, 0.4) is 0 Å². The topological polar surface area (TPSA) is 101 Å². The highest BCUT2D eigenvalue weighted by molar-refractivity contribution is 7.19. The minimum atomic E-state index is -1.24. The minimum Gasteiger partial charge on any atom is -0.489 e. The summed E-state index contributed by atoms with van der Waals surface area (Å²) in [5.74, 6) is -0.152. The van der Waals surface area contributed by atoms with E-state index in [0.29, 0.717) is 24.6 Å². The summed E-state index contributed by atoms with van der Waals surface area (Å²) in [6, 6.07) is 26.0. The van der Waals surface area contributed by atoms with E-state index in [0.717, 1.165) is 27.3 Å². The van der Waals surface area contributed by atoms with Gasteiger partial charge < -0.3 is 20.5 Å². The summed E-state index contributed by atoms with van der Waals surface area (Å²) in [5, 5.41) is 16.3. The number of amides is 2. The van der Waals surface area contributed by atoms with Gasteiger partial charge >= 0.3 is 0 Å². The van der Waals surface area contributed by atoms with Crippen LogP contribution in [-0.4, -0.2) is 34.1 Å². The average molecular weight is 530 g/mol. The Bertz CT molecular complexity index is 1330. The number of aliphatic hydroxyl groups is 1. The van der Waals surface area contributed by atoms with Gasteiger partial charge in [0.15, 0.2) is 5.13 Å². The van der Waals surface area contributed by atoms with Crippen LogP contribution in [0.4, 0.5) is 5.13 Å². The van der Waals surface area contributed by atoms with Crippen LogP contribution in [0.25, 0.3) is 10.4 Å². The monoisotopic (exact) mass is 529 g/mol. The predicted molar refractivity (Wildman–Crippen MR) is 150 cm³/mol. The van der Waals surface area contributed by atoms with E-state index in [1.807, 2.05) is 91.9 Å². The van der Waals surface area contributed by atoms with Crippen molar-refractivity contribution in [3.05, 3.63) is 102 Å². The first-order valence-corrected chi connectivity index (χ1v) is 13.4. The molecule has 4 aromatic rings. The van der Waals surface area contributed by atoms with Crippen LogP contribution in [0.2, 0.25) is 0 Å². The molecule has 2 atom stereocenters. The number of hydrogen-bond acceptors (Lipinski definition) is 6. The van der Waals surface area contributed by atoms with Gasteiger partial charge in [0.2, 0.25) is 11.8 Å². The molecule has 3 N–H and O–H groups in total. The predicted octanol–water partition coefficient (Wildman–Crippen LogP) is 5.22. The molecule has 1 heterocycles. The number of carbonyl (C=O) groups is 2. The number of benzene rings is 3. The highest BCUT2D eigenvalue weighted by Crippen LogP contribution is 2.32. The van der Waals surface area contributed by atoms with Crippen LogP contribution in [0.5, 0.6) is 5.75 Å². The minimum absolute atomic E-state index is 0.177. The molecule has 38 heavy (non-hydrogen) atoms. The molecule has 0 aliphatic carbocycles. The van der Waals surface area contributed by atoms with E-state index in [9.17, 15) is 14.7 Å². The lowest BCUT2D eigenvalue weighted by molar-refractivity contribution is -0.132. The average Bonchev–Trinajstić information content (AvgIpc) is 3.41. The summed E-state index contributed by atoms with van der Waals surface area (Å²) in [6.45, 7) is 2.33. The zero-order valence-corrected chi connectivity index (χ0v) is 22.0. The largest absolute Gasteiger partial charge is 0.489 e. The van der Waals surface area contributed by atoms with Gasteiger partial charge in [-0.05, 0) is 35.2 Å². The number of aromatic nitrogens is 1. The van der Waals surface area contributed by atoms with Crippen molar-refractivity contribution in [1.29, 1.82) is 0 Å². The Morgan fingerprint density at radius 2 is 1.63 bits per heavy atom. The normalized spacial score (nSPS) is 12.4. The second-order valence-corrected chi connectivity index (χ2v) is 9.86. The Morgan fingerprint density at radius 3 is 2.37 bits per heavy atom. The summed E-state index contributed by atoms with van der Waals surface area (Å²) in [6.07, 6.45) is 1.78. The van der Waals surface area contributed by atoms with Crippen LogP contribution in [0.15, 0.2) is 91.1 Å². The number of nitrogens with one attached hydrogen (secondary N) is 2. The highest BCUT2D eigenvalue weighted by Gasteiger charge is 2.25. The molecule has 3 aromatic carbocycles. The Labute approximate surface area is 226 Å². The van der Waals surface area contributed by atoms with Gasteiger partial charge in [-0.2, -0.15) is 0 Å². The van der Waals surface area contributed by atoms with Gasteiger partial charge in [-0.3, -0.25) is 9.59 Å². The van der Waals surface area contributed by atoms with E-state index in [2.05, 4.69) is 15.6 Å². The molecule has 0 aliphatic rings. The van der Waals surface area contributed by atoms with Crippen molar-refractivity contribution in [3.63, 3.8) is 0 Å². The molecule has 2 amide bonds. The fraction of sp³-hybridized carbons (Fsp3) is 0.233. The summed E-state index contributed by atoms with van der Waals surface area (Å²) in [5.41, 5.74) is 2.82.